The van der Waals surface area contributed by atoms with Crippen LogP contribution in [0.5, 0.6) is 0 Å². The third kappa shape index (κ3) is 4.04. The molecule has 0 saturated carbocycles. The van der Waals surface area contributed by atoms with Gasteiger partial charge in [-0.25, -0.2) is 4.68 Å². The molecular weight excluding hydrogens is 426 g/mol. The van der Waals surface area contributed by atoms with Crippen molar-refractivity contribution in [3.8, 4) is 0 Å². The number of aromatic nitrogens is 3. The Kier molecular flexibility index (Phi) is 5.28. The predicted molar refractivity (Wildman–Crippen MR) is 118 cm³/mol. The first-order valence-electron chi connectivity index (χ1n) is 11.2. The fourth-order valence-electron chi connectivity index (χ4n) is 5.17. The summed E-state index contributed by atoms with van der Waals surface area (Å²) < 4.78 is 3.26. The van der Waals surface area contributed by atoms with Gasteiger partial charge in [0.05, 0.1) is 5.69 Å². The van der Waals surface area contributed by atoms with Gasteiger partial charge in [-0.05, 0) is 32.3 Å². The second-order valence-electron chi connectivity index (χ2n) is 9.22. The van der Waals surface area contributed by atoms with Gasteiger partial charge in [-0.3, -0.25) is 24.5 Å². The van der Waals surface area contributed by atoms with Gasteiger partial charge in [-0.2, -0.15) is 5.10 Å². The third-order valence-corrected chi connectivity index (χ3v) is 6.54. The molecule has 2 aromatic heterocycles. The van der Waals surface area contributed by atoms with Gasteiger partial charge in [0.25, 0.3) is 5.56 Å². The van der Waals surface area contributed by atoms with E-state index in [0.717, 1.165) is 12.1 Å². The lowest BCUT2D eigenvalue weighted by atomic mass is 9.83. The lowest BCUT2D eigenvalue weighted by molar-refractivity contribution is -0.145. The Morgan fingerprint density at radius 2 is 2.00 bits per heavy atom. The summed E-state index contributed by atoms with van der Waals surface area (Å²) in [5.41, 5.74) is 1.53. The van der Waals surface area contributed by atoms with Gasteiger partial charge in [0.1, 0.15) is 5.82 Å². The van der Waals surface area contributed by atoms with Gasteiger partial charge >= 0.3 is 11.8 Å². The number of carbonyl (C=O) groups excluding carboxylic acids is 3. The molecule has 2 bridgehead atoms. The second-order valence-corrected chi connectivity index (χ2v) is 9.22. The fraction of sp³-hybridized carbons (Fsp3) is 0.500. The summed E-state index contributed by atoms with van der Waals surface area (Å²) in [5.74, 6) is -1.01. The first kappa shape index (κ1) is 21.4. The quantitative estimate of drug-likeness (QED) is 0.544. The van der Waals surface area contributed by atoms with Crippen LogP contribution < -0.4 is 21.5 Å². The summed E-state index contributed by atoms with van der Waals surface area (Å²) in [7, 11) is 0. The van der Waals surface area contributed by atoms with Gasteiger partial charge in [0.15, 0.2) is 6.29 Å². The maximum absolute atomic E-state index is 13.0. The molecular formula is C22H27N7O4. The van der Waals surface area contributed by atoms with Crippen molar-refractivity contribution in [2.75, 3.05) is 18.4 Å². The van der Waals surface area contributed by atoms with E-state index in [1.807, 2.05) is 13.0 Å². The predicted octanol–water partition coefficient (Wildman–Crippen LogP) is -0.108. The zero-order valence-electron chi connectivity index (χ0n) is 18.6. The van der Waals surface area contributed by atoms with Crippen LogP contribution in [0.15, 0.2) is 29.1 Å². The number of piperidine rings is 1. The molecule has 5 heterocycles. The van der Waals surface area contributed by atoms with Crippen LogP contribution in [0.2, 0.25) is 0 Å². The van der Waals surface area contributed by atoms with Crippen LogP contribution in [0, 0.1) is 12.8 Å². The highest BCUT2D eigenvalue weighted by Crippen LogP contribution is 2.35. The molecule has 3 N–H and O–H groups in total. The highest BCUT2D eigenvalue weighted by Gasteiger charge is 2.38. The largest absolute Gasteiger partial charge is 0.333 e. The van der Waals surface area contributed by atoms with E-state index in [9.17, 15) is 19.2 Å². The van der Waals surface area contributed by atoms with Crippen LogP contribution in [-0.4, -0.2) is 56.1 Å². The Labute approximate surface area is 190 Å². The van der Waals surface area contributed by atoms with Crippen LogP contribution in [0.3, 0.4) is 0 Å². The van der Waals surface area contributed by atoms with Gasteiger partial charge in [-0.15, -0.1) is 0 Å². The number of likely N-dealkylation sites (tertiary alicyclic amines) is 1. The van der Waals surface area contributed by atoms with Crippen molar-refractivity contribution in [1.29, 1.82) is 0 Å². The van der Waals surface area contributed by atoms with Crippen molar-refractivity contribution in [2.24, 2.45) is 5.92 Å². The zero-order valence-corrected chi connectivity index (χ0v) is 18.6. The molecule has 0 spiro atoms. The normalized spacial score (nSPS) is 26.4. The van der Waals surface area contributed by atoms with E-state index in [0.29, 0.717) is 37.6 Å². The second kappa shape index (κ2) is 8.14. The Morgan fingerprint density at radius 3 is 2.79 bits per heavy atom. The van der Waals surface area contributed by atoms with Crippen LogP contribution in [0.1, 0.15) is 43.4 Å². The molecule has 0 aromatic carbocycles. The van der Waals surface area contributed by atoms with Crippen LogP contribution in [-0.2, 0) is 20.9 Å². The molecule has 4 unspecified atom stereocenters. The minimum absolute atomic E-state index is 0.0268. The van der Waals surface area contributed by atoms with Gasteiger partial charge < -0.3 is 20.1 Å². The van der Waals surface area contributed by atoms with E-state index in [1.165, 1.54) is 4.68 Å². The lowest BCUT2D eigenvalue weighted by Crippen LogP contribution is -2.53. The van der Waals surface area contributed by atoms with Crippen molar-refractivity contribution in [1.82, 2.24) is 29.9 Å². The van der Waals surface area contributed by atoms with Crippen LogP contribution in [0.25, 0.3) is 0 Å². The number of hydrogen-bond acceptors (Lipinski definition) is 6. The van der Waals surface area contributed by atoms with Gasteiger partial charge in [-0.1, -0.05) is 6.07 Å². The molecule has 3 aliphatic heterocycles. The number of nitrogens with one attached hydrogen (secondary N) is 3. The molecule has 2 saturated heterocycles. The number of carbonyl (C=O) groups is 3. The molecule has 2 aromatic rings. The molecule has 11 heteroatoms. The van der Waals surface area contributed by atoms with Crippen molar-refractivity contribution in [2.45, 2.75) is 51.5 Å². The van der Waals surface area contributed by atoms with E-state index in [-0.39, 0.29) is 29.3 Å². The Hall–Kier alpha value is -3.47. The fourth-order valence-corrected chi connectivity index (χ4v) is 5.17. The third-order valence-electron chi connectivity index (χ3n) is 6.54. The van der Waals surface area contributed by atoms with E-state index < -0.39 is 18.1 Å². The van der Waals surface area contributed by atoms with Crippen molar-refractivity contribution < 1.29 is 14.4 Å². The van der Waals surface area contributed by atoms with Crippen LogP contribution >= 0.6 is 0 Å². The average molecular weight is 454 g/mol. The Balaban J connectivity index is 1.31. The number of fused-ring (bicyclic) bond motifs is 4. The minimum atomic E-state index is -0.753. The number of amides is 3. The summed E-state index contributed by atoms with van der Waals surface area (Å²) >= 11 is 0. The van der Waals surface area contributed by atoms with Crippen molar-refractivity contribution >= 4 is 23.5 Å². The molecule has 0 aliphatic carbocycles. The molecule has 174 valence electrons. The topological polar surface area (TPSA) is 130 Å². The van der Waals surface area contributed by atoms with Crippen molar-refractivity contribution in [3.63, 3.8) is 0 Å². The van der Waals surface area contributed by atoms with E-state index in [4.69, 9.17) is 0 Å². The van der Waals surface area contributed by atoms with Gasteiger partial charge in [0, 0.05) is 55.8 Å². The van der Waals surface area contributed by atoms with E-state index in [1.54, 1.807) is 34.6 Å². The summed E-state index contributed by atoms with van der Waals surface area (Å²) in [5, 5.41) is 13.1. The Morgan fingerprint density at radius 1 is 1.18 bits per heavy atom. The van der Waals surface area contributed by atoms with Gasteiger partial charge in [0.2, 0.25) is 5.91 Å². The maximum Gasteiger partial charge on any atom is 0.315 e. The standard InChI is InChI=1S/C22H27N7O4/c1-12-7-18(30)25-22(23-12)29-17(6-13(2)26-29)24-20(32)21(33)27-9-14-8-15(11-27)16-4-3-5-19(31)28(16)10-14/h3-6,12,14-15,22-23H,7-11H2,1-2H3,(H,24,32)(H,25,30). The molecule has 2 fully saturated rings. The average Bonchev–Trinajstić information content (AvgIpc) is 3.13. The first-order chi connectivity index (χ1) is 15.8. The monoisotopic (exact) mass is 453 g/mol. The number of anilines is 1. The number of nitrogens with zero attached hydrogens (tertiary/aromatic N) is 4. The molecule has 5 rings (SSSR count). The van der Waals surface area contributed by atoms with Crippen molar-refractivity contribution in [3.05, 3.63) is 46.0 Å². The maximum atomic E-state index is 13.0. The van der Waals surface area contributed by atoms with Crippen LogP contribution in [0.4, 0.5) is 5.82 Å². The summed E-state index contributed by atoms with van der Waals surface area (Å²) in [6.45, 7) is 5.03. The number of hydrogen-bond donors (Lipinski definition) is 3. The summed E-state index contributed by atoms with van der Waals surface area (Å²) in [6.07, 6.45) is 0.625. The molecule has 4 atom stereocenters. The highest BCUT2D eigenvalue weighted by molar-refractivity contribution is 6.39. The highest BCUT2D eigenvalue weighted by atomic mass is 16.2. The lowest BCUT2D eigenvalue weighted by Gasteiger charge is -2.42. The molecule has 33 heavy (non-hydrogen) atoms. The molecule has 0 radical (unpaired) electrons. The summed E-state index contributed by atoms with van der Waals surface area (Å²) in [6, 6.07) is 6.82. The Bertz CT molecular complexity index is 1190. The molecule has 3 amide bonds. The smallest absolute Gasteiger partial charge is 0.315 e. The first-order valence-corrected chi connectivity index (χ1v) is 11.2. The molecule has 11 nitrogen and oxygen atoms in total. The minimum Gasteiger partial charge on any atom is -0.333 e. The number of rotatable bonds is 2. The van der Waals surface area contributed by atoms with E-state index in [2.05, 4.69) is 21.0 Å². The SMILES string of the molecule is Cc1cc(NC(=O)C(=O)N2CC3CC(C2)c2cccc(=O)n2C3)n(C2NC(=O)CC(C)N2)n1. The van der Waals surface area contributed by atoms with E-state index >= 15 is 0 Å². The number of pyridine rings is 1. The summed E-state index contributed by atoms with van der Waals surface area (Å²) in [4.78, 5) is 51.7. The molecule has 3 aliphatic rings. The number of aryl methyl sites for hydroxylation is 1. The zero-order chi connectivity index (χ0) is 23.3.